The Morgan fingerprint density at radius 2 is 0.889 bits per heavy atom. The van der Waals surface area contributed by atoms with E-state index in [2.05, 4.69) is 334 Å². The van der Waals surface area contributed by atoms with E-state index in [-0.39, 0.29) is 5.41 Å². The molecule has 0 aliphatic carbocycles. The van der Waals surface area contributed by atoms with E-state index in [1.165, 1.54) is 43.5 Å². The average molecular weight is 1160 g/mol. The van der Waals surface area contributed by atoms with Gasteiger partial charge in [0.1, 0.15) is 23.0 Å². The van der Waals surface area contributed by atoms with Crippen molar-refractivity contribution >= 4 is 98.3 Å². The van der Waals surface area contributed by atoms with Gasteiger partial charge in [0.25, 0.3) is 6.33 Å². The van der Waals surface area contributed by atoms with E-state index in [1.807, 2.05) is 12.3 Å². The lowest BCUT2D eigenvalue weighted by atomic mass is 9.88. The van der Waals surface area contributed by atoms with Crippen molar-refractivity contribution in [3.05, 3.63) is 303 Å². The maximum atomic E-state index is 7.07. The molecule has 0 amide bonds. The van der Waals surface area contributed by atoms with Crippen molar-refractivity contribution in [1.29, 1.82) is 0 Å². The summed E-state index contributed by atoms with van der Waals surface area (Å²) in [6.45, 7) is 6.76. The minimum atomic E-state index is -0.0926. The highest BCUT2D eigenvalue weighted by Gasteiger charge is 2.27. The molecule has 6 heterocycles. The highest BCUT2D eigenvalue weighted by Crippen LogP contribution is 2.44. The molecule has 0 aliphatic heterocycles. The molecule has 0 radical (unpaired) electrons. The highest BCUT2D eigenvalue weighted by molar-refractivity contribution is 6.17. The molecule has 18 aromatic rings. The molecule has 90 heavy (non-hydrogen) atoms. The first-order valence-corrected chi connectivity index (χ1v) is 30.8. The molecular formula is C82H57N7O. The largest absolute Gasteiger partial charge is 0.458 e. The van der Waals surface area contributed by atoms with Gasteiger partial charge in [0.15, 0.2) is 0 Å². The lowest BCUT2D eigenvalue weighted by Crippen LogP contribution is -2.32. The third kappa shape index (κ3) is 7.87. The molecule has 0 fully saturated rings. The maximum absolute atomic E-state index is 7.07. The molecule has 0 aliphatic rings. The summed E-state index contributed by atoms with van der Waals surface area (Å²) in [6.07, 6.45) is 5.93. The van der Waals surface area contributed by atoms with Gasteiger partial charge in [-0.25, -0.2) is 4.98 Å². The minimum Gasteiger partial charge on any atom is -0.458 e. The van der Waals surface area contributed by atoms with Crippen molar-refractivity contribution in [2.75, 3.05) is 0 Å². The highest BCUT2D eigenvalue weighted by atomic mass is 16.5. The number of hydrogen-bond donors (Lipinski definition) is 0. The van der Waals surface area contributed by atoms with Crippen molar-refractivity contribution < 1.29 is 9.30 Å². The van der Waals surface area contributed by atoms with Crippen LogP contribution in [0.25, 0.3) is 144 Å². The molecule has 0 bridgehead atoms. The Bertz CT molecular complexity index is 5880. The van der Waals surface area contributed by atoms with Crippen LogP contribution in [0.5, 0.6) is 11.5 Å². The van der Waals surface area contributed by atoms with Crippen LogP contribution in [0.2, 0.25) is 0 Å². The van der Waals surface area contributed by atoms with E-state index in [9.17, 15) is 0 Å². The predicted molar refractivity (Wildman–Crippen MR) is 369 cm³/mol. The van der Waals surface area contributed by atoms with Crippen LogP contribution in [0.1, 0.15) is 26.3 Å². The van der Waals surface area contributed by atoms with E-state index in [1.54, 1.807) is 0 Å². The summed E-state index contributed by atoms with van der Waals surface area (Å²) in [5.74, 6) is 2.26. The number of benzene rings is 12. The number of para-hydroxylation sites is 9. The first-order chi connectivity index (χ1) is 44.3. The first-order valence-electron chi connectivity index (χ1n) is 30.8. The molecule has 0 atom stereocenters. The normalized spacial score (nSPS) is 12.2. The third-order valence-electron chi connectivity index (χ3n) is 18.3. The van der Waals surface area contributed by atoms with E-state index >= 15 is 0 Å². The van der Waals surface area contributed by atoms with Gasteiger partial charge in [-0.2, -0.15) is 0 Å². The Morgan fingerprint density at radius 3 is 1.57 bits per heavy atom. The fraction of sp³-hybridized carbons (Fsp3) is 0.0488. The summed E-state index contributed by atoms with van der Waals surface area (Å²) < 4.78 is 21.1. The zero-order valence-electron chi connectivity index (χ0n) is 49.8. The summed E-state index contributed by atoms with van der Waals surface area (Å²) in [5, 5.41) is 9.40. The van der Waals surface area contributed by atoms with Crippen LogP contribution in [0.3, 0.4) is 0 Å². The molecule has 0 spiro atoms. The van der Waals surface area contributed by atoms with Crippen molar-refractivity contribution in [2.24, 2.45) is 0 Å². The number of nitrogens with zero attached hydrogens (tertiary/aromatic N) is 7. The molecule has 0 unspecified atom stereocenters. The zero-order valence-corrected chi connectivity index (χ0v) is 49.8. The van der Waals surface area contributed by atoms with Crippen LogP contribution in [-0.2, 0) is 5.41 Å². The quantitative estimate of drug-likeness (QED) is 0.107. The van der Waals surface area contributed by atoms with Gasteiger partial charge < -0.3 is 18.4 Å². The van der Waals surface area contributed by atoms with Crippen LogP contribution in [0.4, 0.5) is 0 Å². The number of fused-ring (bicyclic) bond motifs is 13. The lowest BCUT2D eigenvalue weighted by Gasteiger charge is -2.20. The van der Waals surface area contributed by atoms with Gasteiger partial charge in [-0.1, -0.05) is 191 Å². The summed E-state index contributed by atoms with van der Waals surface area (Å²) in [4.78, 5) is 5.10. The number of aromatic nitrogens is 7. The lowest BCUT2D eigenvalue weighted by molar-refractivity contribution is -0.570. The first kappa shape index (κ1) is 51.5. The predicted octanol–water partition coefficient (Wildman–Crippen LogP) is 20.2. The Labute approximate surface area is 518 Å². The average Bonchev–Trinajstić information content (AvgIpc) is 1.57. The van der Waals surface area contributed by atoms with Gasteiger partial charge >= 0.3 is 0 Å². The number of rotatable bonds is 9. The molecule has 8 heteroatoms. The zero-order chi connectivity index (χ0) is 59.8. The number of hydrogen-bond acceptors (Lipinski definition) is 2. The van der Waals surface area contributed by atoms with Gasteiger partial charge in [0.05, 0.1) is 66.5 Å². The van der Waals surface area contributed by atoms with Gasteiger partial charge in [0, 0.05) is 72.3 Å². The molecule has 0 N–H and O–H groups in total. The summed E-state index contributed by atoms with van der Waals surface area (Å²) >= 11 is 0. The topological polar surface area (TPSA) is 50.6 Å². The molecule has 6 aromatic heterocycles. The SMILES string of the molecule is CC(C)(C)c1ccnc(-n2c3ccc(-c4cccc5c6ccccc6n(-c6ccccc6)c45)cc3c3ccc(Oc4cccc(-n5[c-][n+](-c6c(-n7c8ccccc8c8ccccc87)ccc7c8ccccc8n(-c8ccccc8)c67)c6ccccc65)c4)cc32)c1. The summed E-state index contributed by atoms with van der Waals surface area (Å²) in [6, 6.07) is 103. The molecule has 8 nitrogen and oxygen atoms in total. The van der Waals surface area contributed by atoms with Crippen molar-refractivity contribution in [1.82, 2.24) is 27.8 Å². The van der Waals surface area contributed by atoms with Crippen LogP contribution in [0, 0.1) is 6.33 Å². The molecule has 18 rings (SSSR count). The van der Waals surface area contributed by atoms with Gasteiger partial charge in [0.2, 0.25) is 0 Å². The smallest absolute Gasteiger partial charge is 0.269 e. The Hall–Kier alpha value is -11.7. The molecule has 12 aromatic carbocycles. The van der Waals surface area contributed by atoms with Crippen LogP contribution >= 0.6 is 0 Å². The number of imidazole rings is 1. The summed E-state index contributed by atoms with van der Waals surface area (Å²) in [5.41, 5.74) is 19.5. The van der Waals surface area contributed by atoms with Crippen molar-refractivity contribution in [3.8, 4) is 56.9 Å². The third-order valence-corrected chi connectivity index (χ3v) is 18.3. The van der Waals surface area contributed by atoms with Crippen molar-refractivity contribution in [2.45, 2.75) is 26.2 Å². The van der Waals surface area contributed by atoms with E-state index in [0.29, 0.717) is 11.5 Å². The van der Waals surface area contributed by atoms with Gasteiger partial charge in [-0.3, -0.25) is 13.7 Å². The molecule has 426 valence electrons. The van der Waals surface area contributed by atoms with Crippen LogP contribution in [0.15, 0.2) is 291 Å². The van der Waals surface area contributed by atoms with Crippen molar-refractivity contribution in [3.63, 3.8) is 0 Å². The fourth-order valence-corrected chi connectivity index (χ4v) is 14.3. The van der Waals surface area contributed by atoms with E-state index < -0.39 is 0 Å². The molecule has 0 saturated carbocycles. The second-order valence-corrected chi connectivity index (χ2v) is 24.5. The van der Waals surface area contributed by atoms with Gasteiger partial charge in [-0.05, 0) is 126 Å². The van der Waals surface area contributed by atoms with Crippen LogP contribution < -0.4 is 9.30 Å². The standard InChI is InChI=1S/C82H57N7O/c1-82(2,3)54-46-47-83-78(49-54)89-73-44-40-53(60-32-21-33-66-63-30-12-14-34-69(63)86(79(60)66)55-22-6-4-7-23-55)48-68(73)65-42-41-59(51-77(65)89)90-58-27-20-26-57(50-58)84-52-85(75-39-19-18-38-74(75)84)81-76(88-71-36-16-10-28-61(71)62-29-11-17-37-72(62)88)45-43-67-64-31-13-15-35-70(64)87(80(67)81)56-24-8-5-9-25-56/h4-51H,1-3H3. The summed E-state index contributed by atoms with van der Waals surface area (Å²) in [7, 11) is 0. The van der Waals surface area contributed by atoms with Crippen LogP contribution in [-0.4, -0.2) is 27.8 Å². The molecular weight excluding hydrogens is 1100 g/mol. The number of pyridine rings is 1. The number of ether oxygens (including phenoxy) is 1. The monoisotopic (exact) mass is 1160 g/mol. The second kappa shape index (κ2) is 19.9. The van der Waals surface area contributed by atoms with E-state index in [4.69, 9.17) is 9.72 Å². The Kier molecular flexibility index (Phi) is 11.4. The molecule has 0 saturated heterocycles. The minimum absolute atomic E-state index is 0.0926. The fourth-order valence-electron chi connectivity index (χ4n) is 14.3. The van der Waals surface area contributed by atoms with E-state index in [0.717, 1.165) is 106 Å². The Balaban J connectivity index is 0.804. The maximum Gasteiger partial charge on any atom is 0.269 e. The van der Waals surface area contributed by atoms with Gasteiger partial charge in [-0.15, -0.1) is 0 Å². The second-order valence-electron chi connectivity index (χ2n) is 24.5. The Morgan fingerprint density at radius 1 is 0.367 bits per heavy atom.